The quantitative estimate of drug-likeness (QED) is 0.725. The molecule has 0 unspecified atom stereocenters. The third kappa shape index (κ3) is 2.03. The highest BCUT2D eigenvalue weighted by atomic mass is 19.4. The summed E-state index contributed by atoms with van der Waals surface area (Å²) in [5.74, 6) is -0.112. The summed E-state index contributed by atoms with van der Waals surface area (Å²) in [6, 6.07) is 4.87. The molecule has 0 radical (unpaired) electrons. The molecule has 1 fully saturated rings. The van der Waals surface area contributed by atoms with E-state index in [0.29, 0.717) is 25.1 Å². The lowest BCUT2D eigenvalue weighted by Crippen LogP contribution is -2.24. The summed E-state index contributed by atoms with van der Waals surface area (Å²) in [6.07, 6.45) is -3.25. The van der Waals surface area contributed by atoms with Gasteiger partial charge in [0.2, 0.25) is 5.91 Å². The summed E-state index contributed by atoms with van der Waals surface area (Å²) in [5, 5.41) is 0. The van der Waals surface area contributed by atoms with Crippen LogP contribution in [0.25, 0.3) is 0 Å². The smallest absolute Gasteiger partial charge is 0.312 e. The number of carbonyl (C=O) groups excluding carboxylic acids is 1. The molecule has 0 bridgehead atoms. The number of rotatable bonds is 1. The second kappa shape index (κ2) is 3.81. The number of nitrogens with zero attached hydrogens (tertiary/aromatic N) is 1. The number of alkyl halides is 3. The van der Waals surface area contributed by atoms with Crippen LogP contribution in [0.4, 0.5) is 18.9 Å². The predicted molar refractivity (Wildman–Crippen MR) is 53.0 cm³/mol. The molecule has 0 aliphatic carbocycles. The zero-order chi connectivity index (χ0) is 11.8. The minimum atomic E-state index is -4.36. The number of halogens is 3. The number of hydrogen-bond acceptors (Lipinski definition) is 1. The average molecular weight is 229 g/mol. The molecule has 1 aliphatic rings. The van der Waals surface area contributed by atoms with Gasteiger partial charge in [-0.15, -0.1) is 0 Å². The third-order valence-corrected chi connectivity index (χ3v) is 2.56. The summed E-state index contributed by atoms with van der Waals surface area (Å²) in [4.78, 5) is 12.8. The van der Waals surface area contributed by atoms with Crippen molar-refractivity contribution in [3.05, 3.63) is 29.8 Å². The predicted octanol–water partition coefficient (Wildman–Crippen LogP) is 2.83. The van der Waals surface area contributed by atoms with Crippen LogP contribution in [-0.4, -0.2) is 12.5 Å². The van der Waals surface area contributed by atoms with Crippen LogP contribution in [0.2, 0.25) is 0 Å². The van der Waals surface area contributed by atoms with E-state index in [1.807, 2.05) is 0 Å². The Morgan fingerprint density at radius 2 is 2.00 bits per heavy atom. The molecule has 1 amide bonds. The molecule has 1 heterocycles. The highest BCUT2D eigenvalue weighted by Gasteiger charge is 2.31. The maximum atomic E-state index is 12.4. The van der Waals surface area contributed by atoms with E-state index in [2.05, 4.69) is 0 Å². The van der Waals surface area contributed by atoms with E-state index in [9.17, 15) is 18.0 Å². The molecule has 2 rings (SSSR count). The Kier molecular flexibility index (Phi) is 2.61. The van der Waals surface area contributed by atoms with Crippen LogP contribution in [0.15, 0.2) is 24.3 Å². The van der Waals surface area contributed by atoms with Gasteiger partial charge in [0.1, 0.15) is 0 Å². The lowest BCUT2D eigenvalue weighted by molar-refractivity contribution is -0.137. The minimum absolute atomic E-state index is 0.112. The van der Waals surface area contributed by atoms with Crippen LogP contribution in [0.5, 0.6) is 0 Å². The van der Waals surface area contributed by atoms with E-state index in [1.54, 1.807) is 0 Å². The number of hydrogen-bond donors (Lipinski definition) is 0. The van der Waals surface area contributed by atoms with Crippen LogP contribution in [-0.2, 0) is 11.0 Å². The third-order valence-electron chi connectivity index (χ3n) is 2.56. The van der Waals surface area contributed by atoms with E-state index < -0.39 is 11.7 Å². The molecule has 0 aromatic heterocycles. The fraction of sp³-hybridized carbons (Fsp3) is 0.364. The first-order valence-electron chi connectivity index (χ1n) is 4.96. The standard InChI is InChI=1S/C11H10F3NO/c12-11(13,14)8-3-1-4-9(7-8)15-6-2-5-10(15)16/h1,3-4,7H,2,5-6H2. The first-order chi connectivity index (χ1) is 7.48. The number of carbonyl (C=O) groups is 1. The largest absolute Gasteiger partial charge is 0.416 e. The molecule has 2 nitrogen and oxygen atoms in total. The van der Waals surface area contributed by atoms with Gasteiger partial charge in [-0.3, -0.25) is 4.79 Å². The van der Waals surface area contributed by atoms with E-state index in [0.717, 1.165) is 12.1 Å². The van der Waals surface area contributed by atoms with Gasteiger partial charge in [0.05, 0.1) is 5.56 Å². The van der Waals surface area contributed by atoms with Gasteiger partial charge >= 0.3 is 6.18 Å². The Balaban J connectivity index is 2.32. The molecule has 1 aromatic carbocycles. The highest BCUT2D eigenvalue weighted by Crippen LogP contribution is 2.32. The second-order valence-electron chi connectivity index (χ2n) is 3.70. The maximum Gasteiger partial charge on any atom is 0.416 e. The Morgan fingerprint density at radius 3 is 2.56 bits per heavy atom. The normalized spacial score (nSPS) is 16.9. The van der Waals surface area contributed by atoms with Crippen LogP contribution in [0.3, 0.4) is 0 Å². The SMILES string of the molecule is O=C1CCCN1c1cccc(C(F)(F)F)c1. The summed E-state index contributed by atoms with van der Waals surface area (Å²) >= 11 is 0. The molecule has 0 N–H and O–H groups in total. The minimum Gasteiger partial charge on any atom is -0.312 e. The monoisotopic (exact) mass is 229 g/mol. The molecule has 0 atom stereocenters. The Labute approximate surface area is 90.7 Å². The molecule has 1 saturated heterocycles. The van der Waals surface area contributed by atoms with Crippen molar-refractivity contribution < 1.29 is 18.0 Å². The maximum absolute atomic E-state index is 12.4. The topological polar surface area (TPSA) is 20.3 Å². The zero-order valence-corrected chi connectivity index (χ0v) is 8.42. The van der Waals surface area contributed by atoms with E-state index >= 15 is 0 Å². The Bertz CT molecular complexity index is 414. The number of benzene rings is 1. The molecule has 1 aromatic rings. The van der Waals surface area contributed by atoms with Crippen molar-refractivity contribution in [2.45, 2.75) is 19.0 Å². The van der Waals surface area contributed by atoms with Gasteiger partial charge in [-0.1, -0.05) is 6.07 Å². The average Bonchev–Trinajstić information content (AvgIpc) is 2.63. The first kappa shape index (κ1) is 11.0. The van der Waals surface area contributed by atoms with E-state index in [-0.39, 0.29) is 5.91 Å². The van der Waals surface area contributed by atoms with Gasteiger partial charge in [0.15, 0.2) is 0 Å². The van der Waals surface area contributed by atoms with Crippen LogP contribution in [0, 0.1) is 0 Å². The zero-order valence-electron chi connectivity index (χ0n) is 8.42. The van der Waals surface area contributed by atoms with Crippen molar-refractivity contribution in [1.82, 2.24) is 0 Å². The molecular formula is C11H10F3NO. The van der Waals surface area contributed by atoms with Gasteiger partial charge in [-0.2, -0.15) is 13.2 Å². The van der Waals surface area contributed by atoms with Gasteiger partial charge in [-0.25, -0.2) is 0 Å². The second-order valence-corrected chi connectivity index (χ2v) is 3.70. The van der Waals surface area contributed by atoms with E-state index in [1.165, 1.54) is 17.0 Å². The number of anilines is 1. The Morgan fingerprint density at radius 1 is 1.25 bits per heavy atom. The van der Waals surface area contributed by atoms with Crippen molar-refractivity contribution in [2.75, 3.05) is 11.4 Å². The summed E-state index contributed by atoms with van der Waals surface area (Å²) in [5.41, 5.74) is -0.387. The fourth-order valence-corrected chi connectivity index (χ4v) is 1.77. The van der Waals surface area contributed by atoms with Crippen LogP contribution < -0.4 is 4.90 Å². The molecular weight excluding hydrogens is 219 g/mol. The lowest BCUT2D eigenvalue weighted by Gasteiger charge is -2.17. The van der Waals surface area contributed by atoms with Gasteiger partial charge < -0.3 is 4.90 Å². The fourth-order valence-electron chi connectivity index (χ4n) is 1.77. The highest BCUT2D eigenvalue weighted by molar-refractivity contribution is 5.95. The Hall–Kier alpha value is -1.52. The molecule has 0 spiro atoms. The van der Waals surface area contributed by atoms with E-state index in [4.69, 9.17) is 0 Å². The van der Waals surface area contributed by atoms with Gasteiger partial charge in [-0.05, 0) is 24.6 Å². The van der Waals surface area contributed by atoms with Crippen molar-refractivity contribution in [3.63, 3.8) is 0 Å². The summed E-state index contributed by atoms with van der Waals surface area (Å²) in [6.45, 7) is 0.500. The van der Waals surface area contributed by atoms with Crippen molar-refractivity contribution in [2.24, 2.45) is 0 Å². The molecule has 86 valence electrons. The van der Waals surface area contributed by atoms with Gasteiger partial charge in [0, 0.05) is 18.7 Å². The molecule has 0 saturated carbocycles. The summed E-state index contributed by atoms with van der Waals surface area (Å²) < 4.78 is 37.3. The first-order valence-corrected chi connectivity index (χ1v) is 4.96. The van der Waals surface area contributed by atoms with Gasteiger partial charge in [0.25, 0.3) is 0 Å². The number of amides is 1. The molecule has 16 heavy (non-hydrogen) atoms. The van der Waals surface area contributed by atoms with Crippen molar-refractivity contribution >= 4 is 11.6 Å². The molecule has 5 heteroatoms. The van der Waals surface area contributed by atoms with Crippen LogP contribution >= 0.6 is 0 Å². The van der Waals surface area contributed by atoms with Crippen molar-refractivity contribution in [3.8, 4) is 0 Å². The van der Waals surface area contributed by atoms with Crippen LogP contribution in [0.1, 0.15) is 18.4 Å². The lowest BCUT2D eigenvalue weighted by atomic mass is 10.2. The van der Waals surface area contributed by atoms with Crippen molar-refractivity contribution in [1.29, 1.82) is 0 Å². The molecule has 1 aliphatic heterocycles. The summed E-state index contributed by atoms with van der Waals surface area (Å²) in [7, 11) is 0.